The van der Waals surface area contributed by atoms with E-state index in [1.165, 1.54) is 4.90 Å². The molecule has 0 bridgehead atoms. The molecule has 0 aliphatic carbocycles. The summed E-state index contributed by atoms with van der Waals surface area (Å²) < 4.78 is 22.7. The molecule has 0 saturated carbocycles. The van der Waals surface area contributed by atoms with Crippen LogP contribution in [0.5, 0.6) is 0 Å². The van der Waals surface area contributed by atoms with Crippen LogP contribution < -0.4 is 10.2 Å². The summed E-state index contributed by atoms with van der Waals surface area (Å²) in [5, 5.41) is 2.90. The van der Waals surface area contributed by atoms with Gasteiger partial charge in [-0.05, 0) is 65.8 Å². The number of likely N-dealkylation sites (tertiary alicyclic amines) is 1. The molecule has 1 aromatic carbocycles. The highest BCUT2D eigenvalue weighted by molar-refractivity contribution is 5.98. The van der Waals surface area contributed by atoms with Crippen LogP contribution in [0.1, 0.15) is 54.9 Å². The Hall–Kier alpha value is -2.69. The lowest BCUT2D eigenvalue weighted by molar-refractivity contribution is -0.125. The second kappa shape index (κ2) is 12.4. The van der Waals surface area contributed by atoms with E-state index in [0.717, 1.165) is 5.69 Å². The molecule has 0 spiro atoms. The first kappa shape index (κ1) is 29.9. The van der Waals surface area contributed by atoms with Crippen molar-refractivity contribution in [2.24, 2.45) is 5.92 Å². The number of nitrogens with one attached hydrogen (secondary N) is 1. The molecule has 10 nitrogen and oxygen atoms in total. The zero-order chi connectivity index (χ0) is 28.1. The first-order valence-corrected chi connectivity index (χ1v) is 13.3. The number of hydrogen-bond acceptors (Lipinski definition) is 7. The van der Waals surface area contributed by atoms with Gasteiger partial charge < -0.3 is 29.2 Å². The summed E-state index contributed by atoms with van der Waals surface area (Å²) in [5.41, 5.74) is 0.392. The Morgan fingerprint density at radius 2 is 1.76 bits per heavy atom. The summed E-state index contributed by atoms with van der Waals surface area (Å²) in [6.45, 7) is 15.8. The fourth-order valence-electron chi connectivity index (χ4n) is 4.17. The van der Waals surface area contributed by atoms with Crippen molar-refractivity contribution in [3.05, 3.63) is 24.3 Å². The lowest BCUT2D eigenvalue weighted by Gasteiger charge is -2.28. The molecular formula is C28H43N3O7. The van der Waals surface area contributed by atoms with E-state index in [0.29, 0.717) is 38.5 Å². The third-order valence-electron chi connectivity index (χ3n) is 6.04. The van der Waals surface area contributed by atoms with Gasteiger partial charge in [0.25, 0.3) is 5.91 Å². The monoisotopic (exact) mass is 533 g/mol. The van der Waals surface area contributed by atoms with Crippen molar-refractivity contribution in [1.82, 2.24) is 4.90 Å². The quantitative estimate of drug-likeness (QED) is 0.541. The standard InChI is InChI=1S/C28H43N3O7/c1-19(17-37-27(2,3)4)16-36-22-14-23(31(15-22)26(34)38-28(5,6)7)25(33)29-20-8-10-21(11-9-20)30-12-13-35-18-24(30)32/h8-11,19,22-23H,12-18H2,1-7H3,(H,29,33)/t19?,22-,23-/m1/s1. The van der Waals surface area contributed by atoms with Gasteiger partial charge in [-0.15, -0.1) is 0 Å². The predicted molar refractivity (Wildman–Crippen MR) is 144 cm³/mol. The van der Waals surface area contributed by atoms with Crippen molar-refractivity contribution < 1.29 is 33.3 Å². The average molecular weight is 534 g/mol. The van der Waals surface area contributed by atoms with Crippen molar-refractivity contribution in [3.8, 4) is 0 Å². The molecule has 38 heavy (non-hydrogen) atoms. The van der Waals surface area contributed by atoms with Crippen molar-refractivity contribution in [1.29, 1.82) is 0 Å². The number of hydrogen-bond donors (Lipinski definition) is 1. The third-order valence-corrected chi connectivity index (χ3v) is 6.04. The van der Waals surface area contributed by atoms with Crippen LogP contribution in [0.15, 0.2) is 24.3 Å². The number of carbonyl (C=O) groups is 3. The topological polar surface area (TPSA) is 107 Å². The molecular weight excluding hydrogens is 490 g/mol. The van der Waals surface area contributed by atoms with Gasteiger partial charge in [0, 0.05) is 30.3 Å². The highest BCUT2D eigenvalue weighted by Gasteiger charge is 2.42. The number of amides is 3. The van der Waals surface area contributed by atoms with E-state index in [1.807, 2.05) is 27.7 Å². The summed E-state index contributed by atoms with van der Waals surface area (Å²) in [7, 11) is 0. The highest BCUT2D eigenvalue weighted by atomic mass is 16.6. The molecule has 3 amide bonds. The number of morpholine rings is 1. The number of rotatable bonds is 8. The number of anilines is 2. The Labute approximate surface area is 225 Å². The second-order valence-electron chi connectivity index (χ2n) is 12.0. The Morgan fingerprint density at radius 1 is 1.08 bits per heavy atom. The van der Waals surface area contributed by atoms with Gasteiger partial charge in [-0.3, -0.25) is 14.5 Å². The highest BCUT2D eigenvalue weighted by Crippen LogP contribution is 2.26. The molecule has 2 saturated heterocycles. The van der Waals surface area contributed by atoms with E-state index in [2.05, 4.69) is 5.32 Å². The van der Waals surface area contributed by atoms with Gasteiger partial charge in [0.2, 0.25) is 5.91 Å². The fraction of sp³-hybridized carbons (Fsp3) is 0.679. The van der Waals surface area contributed by atoms with E-state index in [1.54, 1.807) is 49.9 Å². The van der Waals surface area contributed by atoms with E-state index in [-0.39, 0.29) is 42.6 Å². The Balaban J connectivity index is 1.64. The zero-order valence-electron chi connectivity index (χ0n) is 23.7. The number of benzene rings is 1. The Bertz CT molecular complexity index is 968. The van der Waals surface area contributed by atoms with Crippen LogP contribution in [0.25, 0.3) is 0 Å². The van der Waals surface area contributed by atoms with Gasteiger partial charge in [0.1, 0.15) is 18.2 Å². The van der Waals surface area contributed by atoms with Crippen LogP contribution in [0, 0.1) is 5.92 Å². The number of nitrogens with zero attached hydrogens (tertiary/aromatic N) is 2. The predicted octanol–water partition coefficient (Wildman–Crippen LogP) is 3.83. The summed E-state index contributed by atoms with van der Waals surface area (Å²) in [5.74, 6) is -0.257. The molecule has 2 fully saturated rings. The zero-order valence-corrected chi connectivity index (χ0v) is 23.7. The molecule has 2 aliphatic rings. The minimum Gasteiger partial charge on any atom is -0.444 e. The van der Waals surface area contributed by atoms with Crippen LogP contribution in [0.2, 0.25) is 0 Å². The van der Waals surface area contributed by atoms with E-state index in [4.69, 9.17) is 18.9 Å². The lowest BCUT2D eigenvalue weighted by atomic mass is 10.1. The average Bonchev–Trinajstić information content (AvgIpc) is 3.26. The molecule has 3 rings (SSSR count). The lowest BCUT2D eigenvalue weighted by Crippen LogP contribution is -2.45. The molecule has 0 radical (unpaired) electrons. The number of ether oxygens (including phenoxy) is 4. The molecule has 1 unspecified atom stereocenters. The van der Waals surface area contributed by atoms with E-state index in [9.17, 15) is 14.4 Å². The van der Waals surface area contributed by atoms with Crippen molar-refractivity contribution in [3.63, 3.8) is 0 Å². The third kappa shape index (κ3) is 8.96. The molecule has 2 aliphatic heterocycles. The maximum Gasteiger partial charge on any atom is 0.411 e. The van der Waals surface area contributed by atoms with Crippen LogP contribution in [0.4, 0.5) is 16.2 Å². The van der Waals surface area contributed by atoms with Crippen molar-refractivity contribution in [2.45, 2.75) is 78.2 Å². The van der Waals surface area contributed by atoms with Gasteiger partial charge in [0.05, 0.1) is 38.1 Å². The Kier molecular flexibility index (Phi) is 9.78. The van der Waals surface area contributed by atoms with Gasteiger partial charge in [-0.25, -0.2) is 4.79 Å². The van der Waals surface area contributed by atoms with Gasteiger partial charge in [-0.2, -0.15) is 0 Å². The summed E-state index contributed by atoms with van der Waals surface area (Å²) in [4.78, 5) is 41.5. The first-order valence-electron chi connectivity index (χ1n) is 13.3. The summed E-state index contributed by atoms with van der Waals surface area (Å²) in [6.07, 6.45) is -0.489. The molecule has 2 heterocycles. The summed E-state index contributed by atoms with van der Waals surface area (Å²) in [6, 6.07) is 6.32. The van der Waals surface area contributed by atoms with E-state index >= 15 is 0 Å². The van der Waals surface area contributed by atoms with Crippen LogP contribution in [-0.2, 0) is 28.5 Å². The number of carbonyl (C=O) groups excluding carboxylic acids is 3. The first-order chi connectivity index (χ1) is 17.7. The van der Waals surface area contributed by atoms with Gasteiger partial charge >= 0.3 is 6.09 Å². The van der Waals surface area contributed by atoms with Crippen LogP contribution in [0.3, 0.4) is 0 Å². The minimum absolute atomic E-state index is 0.0618. The Morgan fingerprint density at radius 3 is 2.37 bits per heavy atom. The van der Waals surface area contributed by atoms with Crippen molar-refractivity contribution >= 4 is 29.3 Å². The van der Waals surface area contributed by atoms with E-state index < -0.39 is 17.7 Å². The maximum absolute atomic E-state index is 13.3. The smallest absolute Gasteiger partial charge is 0.411 e. The maximum atomic E-state index is 13.3. The molecule has 1 aromatic rings. The summed E-state index contributed by atoms with van der Waals surface area (Å²) >= 11 is 0. The largest absolute Gasteiger partial charge is 0.444 e. The fourth-order valence-corrected chi connectivity index (χ4v) is 4.17. The minimum atomic E-state index is -0.739. The van der Waals surface area contributed by atoms with Crippen LogP contribution >= 0.6 is 0 Å². The molecule has 3 atom stereocenters. The normalized spacial score (nSPS) is 21.4. The van der Waals surface area contributed by atoms with Crippen LogP contribution in [-0.4, -0.2) is 85.7 Å². The molecule has 212 valence electrons. The van der Waals surface area contributed by atoms with Gasteiger partial charge in [-0.1, -0.05) is 6.92 Å². The van der Waals surface area contributed by atoms with Crippen molar-refractivity contribution in [2.75, 3.05) is 49.7 Å². The molecule has 10 heteroatoms. The second-order valence-corrected chi connectivity index (χ2v) is 12.0. The van der Waals surface area contributed by atoms with Gasteiger partial charge in [0.15, 0.2) is 0 Å². The molecule has 0 aromatic heterocycles. The SMILES string of the molecule is CC(CO[C@@H]1C[C@H](C(=O)Nc2ccc(N3CCOCC3=O)cc2)N(C(=O)OC(C)(C)C)C1)COC(C)(C)C. The molecule has 1 N–H and O–H groups in total.